The molecule has 7 heavy (non-hydrogen) atoms. The minimum absolute atomic E-state index is 0. The van der Waals surface area contributed by atoms with Crippen LogP contribution in [-0.4, -0.2) is 11.2 Å². The minimum Gasteiger partial charge on any atom is -0.393 e. The van der Waals surface area contributed by atoms with Crippen LogP contribution in [0.15, 0.2) is 0 Å². The van der Waals surface area contributed by atoms with Gasteiger partial charge in [0.1, 0.15) is 0 Å². The van der Waals surface area contributed by atoms with Gasteiger partial charge in [-0.1, -0.05) is 19.3 Å². The standard InChI is InChI=1S/C6H12O/c7-6-4-2-1-3-5-6/h6-7H,1-5H2/p+1. The van der Waals surface area contributed by atoms with E-state index in [9.17, 15) is 0 Å². The molecule has 0 atom stereocenters. The van der Waals surface area contributed by atoms with E-state index in [0.29, 0.717) is 0 Å². The van der Waals surface area contributed by atoms with Crippen molar-refractivity contribution in [2.75, 3.05) is 0 Å². The molecule has 0 saturated heterocycles. The summed E-state index contributed by atoms with van der Waals surface area (Å²) >= 11 is 0. The summed E-state index contributed by atoms with van der Waals surface area (Å²) < 4.78 is 0. The van der Waals surface area contributed by atoms with E-state index < -0.39 is 0 Å². The van der Waals surface area contributed by atoms with Crippen molar-refractivity contribution in [3.8, 4) is 0 Å². The van der Waals surface area contributed by atoms with Gasteiger partial charge in [-0.2, -0.15) is 0 Å². The van der Waals surface area contributed by atoms with E-state index in [1.165, 1.54) is 19.3 Å². The molecule has 0 bridgehead atoms. The van der Waals surface area contributed by atoms with Gasteiger partial charge in [-0.05, 0) is 12.8 Å². The van der Waals surface area contributed by atoms with Crippen LogP contribution in [0.4, 0.5) is 0 Å². The van der Waals surface area contributed by atoms with Crippen molar-refractivity contribution >= 4 is 0 Å². The normalized spacial score (nSPS) is 25.3. The Morgan fingerprint density at radius 3 is 2.00 bits per heavy atom. The van der Waals surface area contributed by atoms with Gasteiger partial charge in [0.15, 0.2) is 0 Å². The molecule has 1 fully saturated rings. The highest BCUT2D eigenvalue weighted by Gasteiger charge is 2.07. The quantitative estimate of drug-likeness (QED) is 0.489. The molecule has 0 radical (unpaired) electrons. The Bertz CT molecular complexity index is 50.5. The predicted octanol–water partition coefficient (Wildman–Crippen LogP) is 1.42. The van der Waals surface area contributed by atoms with E-state index in [2.05, 4.69) is 0 Å². The highest BCUT2D eigenvalue weighted by atomic mass is 16.3. The van der Waals surface area contributed by atoms with Gasteiger partial charge in [0, 0.05) is 0 Å². The first-order valence-electron chi connectivity index (χ1n) is 3.07. The Labute approximate surface area is 45.8 Å². The van der Waals surface area contributed by atoms with Crippen LogP contribution in [-0.2, 0) is 0 Å². The van der Waals surface area contributed by atoms with Gasteiger partial charge in [-0.25, -0.2) is 0 Å². The zero-order valence-corrected chi connectivity index (χ0v) is 4.56. The summed E-state index contributed by atoms with van der Waals surface area (Å²) in [7, 11) is 0. The fourth-order valence-electron chi connectivity index (χ4n) is 1.08. The molecule has 1 rings (SSSR count). The van der Waals surface area contributed by atoms with E-state index in [0.717, 1.165) is 12.8 Å². The second-order valence-corrected chi connectivity index (χ2v) is 2.29. The van der Waals surface area contributed by atoms with Crippen LogP contribution >= 0.6 is 0 Å². The Hall–Kier alpha value is -0.0400. The summed E-state index contributed by atoms with van der Waals surface area (Å²) in [6.45, 7) is 0. The molecule has 0 spiro atoms. The topological polar surface area (TPSA) is 20.2 Å². The molecule has 1 nitrogen and oxygen atoms in total. The van der Waals surface area contributed by atoms with Crippen molar-refractivity contribution in [2.45, 2.75) is 38.2 Å². The van der Waals surface area contributed by atoms with Crippen LogP contribution in [0.2, 0.25) is 0 Å². The molecule has 0 aromatic carbocycles. The average Bonchev–Trinajstić information content (AvgIpc) is 1.69. The van der Waals surface area contributed by atoms with Crippen LogP contribution in [0.5, 0.6) is 0 Å². The first kappa shape index (κ1) is 5.10. The van der Waals surface area contributed by atoms with Crippen molar-refractivity contribution in [3.05, 3.63) is 0 Å². The second-order valence-electron chi connectivity index (χ2n) is 2.29. The minimum atomic E-state index is 0. The number of aliphatic hydroxyl groups is 1. The number of rotatable bonds is 0. The van der Waals surface area contributed by atoms with E-state index in [1.807, 2.05) is 0 Å². The largest absolute Gasteiger partial charge is 1.00 e. The lowest BCUT2D eigenvalue weighted by atomic mass is 9.98. The Morgan fingerprint density at radius 2 is 1.71 bits per heavy atom. The lowest BCUT2D eigenvalue weighted by Crippen LogP contribution is -2.09. The van der Waals surface area contributed by atoms with Gasteiger partial charge in [0.25, 0.3) is 0 Å². The lowest BCUT2D eigenvalue weighted by Gasteiger charge is -2.14. The molecule has 0 heterocycles. The predicted molar refractivity (Wildman–Crippen MR) is 30.2 cm³/mol. The first-order valence-corrected chi connectivity index (χ1v) is 3.07. The molecule has 1 saturated carbocycles. The third kappa shape index (κ3) is 1.48. The van der Waals surface area contributed by atoms with Crippen molar-refractivity contribution in [1.29, 1.82) is 0 Å². The maximum Gasteiger partial charge on any atom is 1.00 e. The van der Waals surface area contributed by atoms with Gasteiger partial charge in [0.2, 0.25) is 0 Å². The van der Waals surface area contributed by atoms with Crippen LogP contribution < -0.4 is 0 Å². The Kier molecular flexibility index (Phi) is 1.69. The van der Waals surface area contributed by atoms with Gasteiger partial charge in [0.05, 0.1) is 6.10 Å². The summed E-state index contributed by atoms with van der Waals surface area (Å²) in [4.78, 5) is 0. The van der Waals surface area contributed by atoms with Crippen LogP contribution in [0.25, 0.3) is 0 Å². The molecular weight excluding hydrogens is 88.1 g/mol. The second kappa shape index (κ2) is 2.31. The molecule has 0 aliphatic heterocycles. The molecule has 0 aromatic rings. The fraction of sp³-hybridized carbons (Fsp3) is 1.00. The van der Waals surface area contributed by atoms with Crippen molar-refractivity contribution in [3.63, 3.8) is 0 Å². The van der Waals surface area contributed by atoms with E-state index in [4.69, 9.17) is 5.11 Å². The molecule has 42 valence electrons. The summed E-state index contributed by atoms with van der Waals surface area (Å²) in [6, 6.07) is 0. The van der Waals surface area contributed by atoms with Gasteiger partial charge in [-0.3, -0.25) is 0 Å². The maximum atomic E-state index is 8.91. The van der Waals surface area contributed by atoms with E-state index in [-0.39, 0.29) is 7.53 Å². The van der Waals surface area contributed by atoms with Crippen molar-refractivity contribution < 1.29 is 6.53 Å². The molecule has 0 unspecified atom stereocenters. The molecule has 1 aliphatic carbocycles. The van der Waals surface area contributed by atoms with E-state index in [1.54, 1.807) is 0 Å². The number of aliphatic hydroxyl groups excluding tert-OH is 1. The van der Waals surface area contributed by atoms with E-state index >= 15 is 0 Å². The van der Waals surface area contributed by atoms with Crippen LogP contribution in [0.3, 0.4) is 0 Å². The monoisotopic (exact) mass is 101 g/mol. The summed E-state index contributed by atoms with van der Waals surface area (Å²) in [5.41, 5.74) is 0. The third-order valence-electron chi connectivity index (χ3n) is 1.57. The SMILES string of the molecule is OC1CCCCC1.[H+]. The van der Waals surface area contributed by atoms with Gasteiger partial charge < -0.3 is 5.11 Å². The molecule has 0 aromatic heterocycles. The summed E-state index contributed by atoms with van der Waals surface area (Å²) in [5.74, 6) is 0. The van der Waals surface area contributed by atoms with Gasteiger partial charge >= 0.3 is 1.43 Å². The third-order valence-corrected chi connectivity index (χ3v) is 1.57. The smallest absolute Gasteiger partial charge is 0.393 e. The summed E-state index contributed by atoms with van der Waals surface area (Å²) in [6.07, 6.45) is 5.92. The Balaban J connectivity index is 0.000000490. The average molecular weight is 101 g/mol. The summed E-state index contributed by atoms with van der Waals surface area (Å²) in [5, 5.41) is 8.91. The molecular formula is C6H13O+. The van der Waals surface area contributed by atoms with Crippen LogP contribution in [0, 0.1) is 0 Å². The zero-order valence-electron chi connectivity index (χ0n) is 5.56. The molecule has 0 amide bonds. The lowest BCUT2D eigenvalue weighted by molar-refractivity contribution is 0.130. The molecule has 1 heteroatoms. The molecule has 1 aliphatic rings. The first-order chi connectivity index (χ1) is 3.39. The maximum absolute atomic E-state index is 8.91. The van der Waals surface area contributed by atoms with Crippen molar-refractivity contribution in [2.24, 2.45) is 0 Å². The number of hydrogen-bond acceptors (Lipinski definition) is 1. The highest BCUT2D eigenvalue weighted by molar-refractivity contribution is 4.61. The highest BCUT2D eigenvalue weighted by Crippen LogP contribution is 2.16. The van der Waals surface area contributed by atoms with Crippen LogP contribution in [0.1, 0.15) is 33.5 Å². The Morgan fingerprint density at radius 1 is 1.14 bits per heavy atom. The van der Waals surface area contributed by atoms with Crippen molar-refractivity contribution in [1.82, 2.24) is 0 Å². The van der Waals surface area contributed by atoms with Gasteiger partial charge in [-0.15, -0.1) is 0 Å². The molecule has 1 N–H and O–H groups in total. The zero-order chi connectivity index (χ0) is 5.11. The number of hydrogen-bond donors (Lipinski definition) is 1. The fourth-order valence-corrected chi connectivity index (χ4v) is 1.08.